The van der Waals surface area contributed by atoms with Crippen LogP contribution in [0.3, 0.4) is 0 Å². The van der Waals surface area contributed by atoms with Crippen LogP contribution in [-0.4, -0.2) is 12.9 Å². The van der Waals surface area contributed by atoms with Crippen molar-refractivity contribution in [2.24, 2.45) is 0 Å². The Labute approximate surface area is 106 Å². The standard InChI is InChI=1S/C14H15BrSi/c1-16(2)13-6-4-3-5-11(13)12-8-7-10(15)9-14(12)16/h3-10,12H,1-2H3. The molecule has 0 saturated carbocycles. The number of hydrogen-bond acceptors (Lipinski definition) is 0. The maximum absolute atomic E-state index is 3.68. The molecule has 16 heavy (non-hydrogen) atoms. The SMILES string of the molecule is C[Si]1(C)C2=CC(Br)C=CC2c2ccccc21. The molecule has 0 spiro atoms. The van der Waals surface area contributed by atoms with E-state index in [-0.39, 0.29) is 0 Å². The normalized spacial score (nSPS) is 29.6. The molecule has 1 aromatic carbocycles. The summed E-state index contributed by atoms with van der Waals surface area (Å²) in [6.07, 6.45) is 7.06. The zero-order chi connectivity index (χ0) is 11.3. The van der Waals surface area contributed by atoms with E-state index in [2.05, 4.69) is 71.5 Å². The third-order valence-electron chi connectivity index (χ3n) is 3.85. The van der Waals surface area contributed by atoms with Gasteiger partial charge in [-0.15, -0.1) is 0 Å². The predicted octanol–water partition coefficient (Wildman–Crippen LogP) is 3.50. The summed E-state index contributed by atoms with van der Waals surface area (Å²) in [5, 5.41) is 3.30. The molecular weight excluding hydrogens is 276 g/mol. The summed E-state index contributed by atoms with van der Waals surface area (Å²) in [6.45, 7) is 4.94. The number of benzene rings is 1. The van der Waals surface area contributed by atoms with Gasteiger partial charge in [0.05, 0.1) is 4.83 Å². The summed E-state index contributed by atoms with van der Waals surface area (Å²) < 4.78 is 0. The fourth-order valence-corrected chi connectivity index (χ4v) is 7.13. The van der Waals surface area contributed by atoms with Crippen molar-refractivity contribution in [1.82, 2.24) is 0 Å². The quantitative estimate of drug-likeness (QED) is 0.390. The van der Waals surface area contributed by atoms with E-state index in [1.54, 1.807) is 15.9 Å². The van der Waals surface area contributed by atoms with Crippen LogP contribution in [0.25, 0.3) is 0 Å². The van der Waals surface area contributed by atoms with Crippen LogP contribution in [0.5, 0.6) is 0 Å². The molecule has 3 rings (SSSR count). The Kier molecular flexibility index (Phi) is 2.27. The van der Waals surface area contributed by atoms with E-state index in [1.165, 1.54) is 0 Å². The predicted molar refractivity (Wildman–Crippen MR) is 76.2 cm³/mol. The zero-order valence-electron chi connectivity index (χ0n) is 9.57. The minimum atomic E-state index is -1.38. The van der Waals surface area contributed by atoms with Gasteiger partial charge in [-0.1, -0.05) is 81.9 Å². The Morgan fingerprint density at radius 3 is 2.69 bits per heavy atom. The summed E-state index contributed by atoms with van der Waals surface area (Å²) in [6, 6.07) is 8.98. The second kappa shape index (κ2) is 3.44. The monoisotopic (exact) mass is 290 g/mol. The molecule has 1 heterocycles. The van der Waals surface area contributed by atoms with Gasteiger partial charge in [0.25, 0.3) is 0 Å². The van der Waals surface area contributed by atoms with Crippen molar-refractivity contribution in [2.45, 2.75) is 23.8 Å². The third-order valence-corrected chi connectivity index (χ3v) is 8.14. The highest BCUT2D eigenvalue weighted by molar-refractivity contribution is 9.09. The molecule has 2 aliphatic rings. The van der Waals surface area contributed by atoms with Gasteiger partial charge in [0.2, 0.25) is 0 Å². The first-order valence-corrected chi connectivity index (χ1v) is 9.66. The first-order valence-electron chi connectivity index (χ1n) is 5.74. The third kappa shape index (κ3) is 1.33. The highest BCUT2D eigenvalue weighted by Crippen LogP contribution is 2.42. The second-order valence-electron chi connectivity index (χ2n) is 5.14. The number of hydrogen-bond donors (Lipinski definition) is 0. The van der Waals surface area contributed by atoms with Crippen molar-refractivity contribution in [3.8, 4) is 0 Å². The van der Waals surface area contributed by atoms with E-state index in [0.29, 0.717) is 10.7 Å². The minimum Gasteiger partial charge on any atom is -0.0800 e. The summed E-state index contributed by atoms with van der Waals surface area (Å²) in [5.41, 5.74) is 1.54. The van der Waals surface area contributed by atoms with Gasteiger partial charge in [0, 0.05) is 5.92 Å². The van der Waals surface area contributed by atoms with E-state index in [1.807, 2.05) is 0 Å². The molecule has 0 aromatic heterocycles. The van der Waals surface area contributed by atoms with Crippen LogP contribution in [0.1, 0.15) is 11.5 Å². The Morgan fingerprint density at radius 1 is 1.12 bits per heavy atom. The highest BCUT2D eigenvalue weighted by atomic mass is 79.9. The van der Waals surface area contributed by atoms with Crippen LogP contribution in [0.4, 0.5) is 0 Å². The molecule has 0 saturated heterocycles. The van der Waals surface area contributed by atoms with Crippen molar-refractivity contribution < 1.29 is 0 Å². The van der Waals surface area contributed by atoms with Crippen molar-refractivity contribution in [1.29, 1.82) is 0 Å². The summed E-state index contributed by atoms with van der Waals surface area (Å²) in [5.74, 6) is 0.562. The molecule has 82 valence electrons. The molecule has 0 N–H and O–H groups in total. The molecule has 2 heteroatoms. The Hall–Kier alpha value is -0.603. The van der Waals surface area contributed by atoms with Crippen LogP contribution in [-0.2, 0) is 0 Å². The summed E-state index contributed by atoms with van der Waals surface area (Å²) in [4.78, 5) is 0.430. The lowest BCUT2D eigenvalue weighted by molar-refractivity contribution is 1.04. The molecule has 0 bridgehead atoms. The number of rotatable bonds is 0. The molecule has 0 radical (unpaired) electrons. The van der Waals surface area contributed by atoms with Crippen LogP contribution in [0, 0.1) is 0 Å². The largest absolute Gasteiger partial charge is 0.108 e. The second-order valence-corrected chi connectivity index (χ2v) is 10.6. The van der Waals surface area contributed by atoms with E-state index in [0.717, 1.165) is 0 Å². The fourth-order valence-electron chi connectivity index (χ4n) is 3.01. The summed E-state index contributed by atoms with van der Waals surface area (Å²) in [7, 11) is -1.38. The topological polar surface area (TPSA) is 0 Å². The molecule has 1 aromatic rings. The maximum atomic E-state index is 3.68. The first-order chi connectivity index (χ1) is 7.60. The molecule has 0 nitrogen and oxygen atoms in total. The zero-order valence-corrected chi connectivity index (χ0v) is 12.2. The van der Waals surface area contributed by atoms with Crippen molar-refractivity contribution in [3.63, 3.8) is 0 Å². The lowest BCUT2D eigenvalue weighted by atomic mass is 9.95. The maximum Gasteiger partial charge on any atom is 0.108 e. The first kappa shape index (κ1) is 10.5. The Balaban J connectivity index is 2.24. The van der Waals surface area contributed by atoms with Crippen LogP contribution in [0.2, 0.25) is 13.1 Å². The average Bonchev–Trinajstić information content (AvgIpc) is 2.49. The van der Waals surface area contributed by atoms with E-state index >= 15 is 0 Å². The van der Waals surface area contributed by atoms with Gasteiger partial charge in [-0.05, 0) is 5.56 Å². The van der Waals surface area contributed by atoms with Crippen LogP contribution in [0.15, 0.2) is 47.7 Å². The minimum absolute atomic E-state index is 0.430. The van der Waals surface area contributed by atoms with Gasteiger partial charge in [0.15, 0.2) is 0 Å². The fraction of sp³-hybridized carbons (Fsp3) is 0.286. The van der Waals surface area contributed by atoms with Gasteiger partial charge in [-0.2, -0.15) is 0 Å². The van der Waals surface area contributed by atoms with Crippen molar-refractivity contribution in [3.05, 3.63) is 53.3 Å². The molecule has 0 fully saturated rings. The van der Waals surface area contributed by atoms with Crippen molar-refractivity contribution in [2.75, 3.05) is 0 Å². The highest BCUT2D eigenvalue weighted by Gasteiger charge is 2.42. The molecule has 2 atom stereocenters. The average molecular weight is 291 g/mol. The van der Waals surface area contributed by atoms with Crippen LogP contribution >= 0.6 is 15.9 Å². The summed E-state index contributed by atoms with van der Waals surface area (Å²) >= 11 is 3.68. The number of allylic oxidation sites excluding steroid dienone is 4. The molecular formula is C14H15BrSi. The van der Waals surface area contributed by atoms with Gasteiger partial charge >= 0.3 is 0 Å². The number of halogens is 1. The Morgan fingerprint density at radius 2 is 1.88 bits per heavy atom. The molecule has 2 unspecified atom stereocenters. The van der Waals surface area contributed by atoms with Gasteiger partial charge in [-0.3, -0.25) is 0 Å². The smallest absolute Gasteiger partial charge is 0.0800 e. The Bertz CT molecular complexity index is 499. The lowest BCUT2D eigenvalue weighted by Gasteiger charge is -2.24. The van der Waals surface area contributed by atoms with Gasteiger partial charge < -0.3 is 0 Å². The number of alkyl halides is 1. The van der Waals surface area contributed by atoms with Gasteiger partial charge in [0.1, 0.15) is 8.07 Å². The van der Waals surface area contributed by atoms with E-state index in [4.69, 9.17) is 0 Å². The molecule has 1 aliphatic carbocycles. The van der Waals surface area contributed by atoms with E-state index in [9.17, 15) is 0 Å². The number of fused-ring (bicyclic) bond motifs is 3. The van der Waals surface area contributed by atoms with Crippen molar-refractivity contribution >= 4 is 29.2 Å². The molecule has 0 amide bonds. The lowest BCUT2D eigenvalue weighted by Crippen LogP contribution is -2.40. The van der Waals surface area contributed by atoms with E-state index < -0.39 is 8.07 Å². The van der Waals surface area contributed by atoms with Gasteiger partial charge in [-0.25, -0.2) is 0 Å². The molecule has 1 aliphatic heterocycles. The van der Waals surface area contributed by atoms with Crippen LogP contribution < -0.4 is 5.19 Å².